The molecule has 2 heterocycles. The number of thioether (sulfide) groups is 1. The molecule has 1 atom stereocenters. The lowest BCUT2D eigenvalue weighted by Gasteiger charge is -2.35. The standard InChI is InChI=1S/C10H19NOS/c12-7-9-1-4-11(5-2-9)10-3-6-13-8-10/h9-10,12H,1-8H2. The van der Waals surface area contributed by atoms with Gasteiger partial charge in [-0.2, -0.15) is 11.8 Å². The molecule has 0 aromatic rings. The Kier molecular flexibility index (Phi) is 3.52. The molecule has 2 rings (SSSR count). The van der Waals surface area contributed by atoms with Crippen molar-refractivity contribution >= 4 is 11.8 Å². The Morgan fingerprint density at radius 1 is 1.23 bits per heavy atom. The average Bonchev–Trinajstić information content (AvgIpc) is 2.71. The minimum Gasteiger partial charge on any atom is -0.396 e. The fourth-order valence-corrected chi connectivity index (χ4v) is 3.57. The maximum absolute atomic E-state index is 9.02. The number of likely N-dealkylation sites (tertiary alicyclic amines) is 1. The molecule has 0 aromatic carbocycles. The fraction of sp³-hybridized carbons (Fsp3) is 1.00. The zero-order valence-electron chi connectivity index (χ0n) is 8.11. The molecule has 0 bridgehead atoms. The molecule has 2 saturated heterocycles. The van der Waals surface area contributed by atoms with Gasteiger partial charge in [0.25, 0.3) is 0 Å². The first-order valence-corrected chi connectivity index (χ1v) is 6.48. The predicted octanol–water partition coefficient (Wildman–Crippen LogP) is 1.20. The second-order valence-electron chi connectivity index (χ2n) is 4.18. The smallest absolute Gasteiger partial charge is 0.0460 e. The van der Waals surface area contributed by atoms with Crippen molar-refractivity contribution in [3.63, 3.8) is 0 Å². The summed E-state index contributed by atoms with van der Waals surface area (Å²) >= 11 is 2.09. The van der Waals surface area contributed by atoms with E-state index in [1.54, 1.807) is 0 Å². The molecule has 0 aromatic heterocycles. The van der Waals surface area contributed by atoms with Crippen molar-refractivity contribution < 1.29 is 5.11 Å². The van der Waals surface area contributed by atoms with Crippen LogP contribution in [0.25, 0.3) is 0 Å². The molecular weight excluding hydrogens is 182 g/mol. The Bertz CT molecular complexity index is 151. The van der Waals surface area contributed by atoms with Gasteiger partial charge in [0.1, 0.15) is 0 Å². The van der Waals surface area contributed by atoms with E-state index in [2.05, 4.69) is 16.7 Å². The van der Waals surface area contributed by atoms with Gasteiger partial charge < -0.3 is 5.11 Å². The maximum atomic E-state index is 9.02. The van der Waals surface area contributed by atoms with Crippen LogP contribution < -0.4 is 0 Å². The summed E-state index contributed by atoms with van der Waals surface area (Å²) in [5.41, 5.74) is 0. The number of piperidine rings is 1. The summed E-state index contributed by atoms with van der Waals surface area (Å²) in [7, 11) is 0. The van der Waals surface area contributed by atoms with Gasteiger partial charge in [-0.3, -0.25) is 4.90 Å². The Hall–Kier alpha value is 0.270. The SMILES string of the molecule is OCC1CCN(C2CCSC2)CC1. The Labute approximate surface area is 84.7 Å². The van der Waals surface area contributed by atoms with Crippen LogP contribution in [0.15, 0.2) is 0 Å². The van der Waals surface area contributed by atoms with Crippen LogP contribution in [0.3, 0.4) is 0 Å². The van der Waals surface area contributed by atoms with Crippen LogP contribution in [0.4, 0.5) is 0 Å². The van der Waals surface area contributed by atoms with E-state index in [9.17, 15) is 0 Å². The molecule has 1 unspecified atom stereocenters. The largest absolute Gasteiger partial charge is 0.396 e. The number of rotatable bonds is 2. The second kappa shape index (κ2) is 4.67. The van der Waals surface area contributed by atoms with Crippen molar-refractivity contribution in [1.82, 2.24) is 4.90 Å². The third-order valence-electron chi connectivity index (χ3n) is 3.33. The van der Waals surface area contributed by atoms with Gasteiger partial charge in [0.15, 0.2) is 0 Å². The molecule has 0 saturated carbocycles. The minimum atomic E-state index is 0.396. The normalized spacial score (nSPS) is 32.5. The van der Waals surface area contributed by atoms with Crippen molar-refractivity contribution in [3.8, 4) is 0 Å². The molecule has 76 valence electrons. The van der Waals surface area contributed by atoms with Gasteiger partial charge in [-0.25, -0.2) is 0 Å². The molecule has 2 nitrogen and oxygen atoms in total. The summed E-state index contributed by atoms with van der Waals surface area (Å²) in [6.07, 6.45) is 3.80. The molecule has 0 radical (unpaired) electrons. The predicted molar refractivity (Wildman–Crippen MR) is 57.1 cm³/mol. The van der Waals surface area contributed by atoms with Gasteiger partial charge in [0.05, 0.1) is 0 Å². The van der Waals surface area contributed by atoms with Crippen molar-refractivity contribution in [1.29, 1.82) is 0 Å². The highest BCUT2D eigenvalue weighted by molar-refractivity contribution is 7.99. The zero-order valence-corrected chi connectivity index (χ0v) is 8.93. The molecule has 0 spiro atoms. The highest BCUT2D eigenvalue weighted by atomic mass is 32.2. The number of hydrogen-bond acceptors (Lipinski definition) is 3. The molecule has 2 aliphatic rings. The first-order chi connectivity index (χ1) is 6.40. The Morgan fingerprint density at radius 3 is 2.54 bits per heavy atom. The summed E-state index contributed by atoms with van der Waals surface area (Å²) in [6, 6.07) is 0.852. The summed E-state index contributed by atoms with van der Waals surface area (Å²) in [5.74, 6) is 3.28. The summed E-state index contributed by atoms with van der Waals surface area (Å²) < 4.78 is 0. The van der Waals surface area contributed by atoms with Gasteiger partial charge in [-0.15, -0.1) is 0 Å². The van der Waals surface area contributed by atoms with Crippen LogP contribution >= 0.6 is 11.8 Å². The first-order valence-electron chi connectivity index (χ1n) is 5.33. The van der Waals surface area contributed by atoms with Gasteiger partial charge in [0.2, 0.25) is 0 Å². The van der Waals surface area contributed by atoms with E-state index < -0.39 is 0 Å². The van der Waals surface area contributed by atoms with Gasteiger partial charge >= 0.3 is 0 Å². The maximum Gasteiger partial charge on any atom is 0.0460 e. The van der Waals surface area contributed by atoms with Crippen molar-refractivity contribution in [3.05, 3.63) is 0 Å². The van der Waals surface area contributed by atoms with E-state index in [0.717, 1.165) is 6.04 Å². The van der Waals surface area contributed by atoms with Crippen molar-refractivity contribution in [2.75, 3.05) is 31.2 Å². The highest BCUT2D eigenvalue weighted by Crippen LogP contribution is 2.26. The Morgan fingerprint density at radius 2 is 2.00 bits per heavy atom. The lowest BCUT2D eigenvalue weighted by Crippen LogP contribution is -2.42. The van der Waals surface area contributed by atoms with E-state index in [-0.39, 0.29) is 0 Å². The van der Waals surface area contributed by atoms with E-state index in [4.69, 9.17) is 5.11 Å². The molecule has 0 aliphatic carbocycles. The van der Waals surface area contributed by atoms with Crippen LogP contribution in [0.2, 0.25) is 0 Å². The molecule has 0 amide bonds. The van der Waals surface area contributed by atoms with Crippen LogP contribution in [-0.2, 0) is 0 Å². The van der Waals surface area contributed by atoms with Crippen molar-refractivity contribution in [2.24, 2.45) is 5.92 Å². The second-order valence-corrected chi connectivity index (χ2v) is 5.33. The quantitative estimate of drug-likeness (QED) is 0.726. The van der Waals surface area contributed by atoms with E-state index >= 15 is 0 Å². The van der Waals surface area contributed by atoms with Crippen LogP contribution in [-0.4, -0.2) is 47.3 Å². The summed E-state index contributed by atoms with van der Waals surface area (Å²) in [4.78, 5) is 2.63. The van der Waals surface area contributed by atoms with Gasteiger partial charge in [-0.1, -0.05) is 0 Å². The third-order valence-corrected chi connectivity index (χ3v) is 4.47. The number of aliphatic hydroxyl groups is 1. The lowest BCUT2D eigenvalue weighted by atomic mass is 9.96. The van der Waals surface area contributed by atoms with Gasteiger partial charge in [0, 0.05) is 18.4 Å². The monoisotopic (exact) mass is 201 g/mol. The molecular formula is C10H19NOS. The minimum absolute atomic E-state index is 0.396. The van der Waals surface area contributed by atoms with E-state index in [0.29, 0.717) is 12.5 Å². The topological polar surface area (TPSA) is 23.5 Å². The molecule has 2 fully saturated rings. The first kappa shape index (κ1) is 9.81. The van der Waals surface area contributed by atoms with Crippen LogP contribution in [0, 0.1) is 5.92 Å². The van der Waals surface area contributed by atoms with E-state index in [1.807, 2.05) is 0 Å². The molecule has 3 heteroatoms. The highest BCUT2D eigenvalue weighted by Gasteiger charge is 2.26. The lowest BCUT2D eigenvalue weighted by molar-refractivity contribution is 0.108. The Balaban J connectivity index is 1.77. The van der Waals surface area contributed by atoms with E-state index in [1.165, 1.54) is 43.9 Å². The third kappa shape index (κ3) is 2.39. The summed E-state index contributed by atoms with van der Waals surface area (Å²) in [6.45, 7) is 2.83. The summed E-state index contributed by atoms with van der Waals surface area (Å²) in [5, 5.41) is 9.02. The molecule has 13 heavy (non-hydrogen) atoms. The van der Waals surface area contributed by atoms with Crippen molar-refractivity contribution in [2.45, 2.75) is 25.3 Å². The van der Waals surface area contributed by atoms with Gasteiger partial charge in [-0.05, 0) is 44.0 Å². The average molecular weight is 201 g/mol. The van der Waals surface area contributed by atoms with Crippen LogP contribution in [0.5, 0.6) is 0 Å². The molecule has 2 aliphatic heterocycles. The molecule has 1 N–H and O–H groups in total. The number of nitrogens with zero attached hydrogens (tertiary/aromatic N) is 1. The number of hydrogen-bond donors (Lipinski definition) is 1. The fourth-order valence-electron chi connectivity index (χ4n) is 2.31. The van der Waals surface area contributed by atoms with Crippen LogP contribution in [0.1, 0.15) is 19.3 Å². The number of aliphatic hydroxyl groups excluding tert-OH is 1. The zero-order chi connectivity index (χ0) is 9.10.